The van der Waals surface area contributed by atoms with E-state index in [-0.39, 0.29) is 5.91 Å². The number of hydrogen-bond donors (Lipinski definition) is 1. The third kappa shape index (κ3) is 3.00. The minimum atomic E-state index is -3.58. The standard InChI is InChI=1S/C15H16N2O3S2/c1-11(18)17-8-7-14-12(10-17)9-15(21-14)22(19,20)16-13-5-3-2-4-6-13/h2-6,9,16H,7-8,10H2,1H3. The van der Waals surface area contributed by atoms with Crippen molar-refractivity contribution in [1.29, 1.82) is 0 Å². The zero-order valence-electron chi connectivity index (χ0n) is 12.1. The van der Waals surface area contributed by atoms with E-state index >= 15 is 0 Å². The molecule has 0 unspecified atom stereocenters. The van der Waals surface area contributed by atoms with E-state index in [4.69, 9.17) is 0 Å². The van der Waals surface area contributed by atoms with E-state index in [9.17, 15) is 13.2 Å². The molecular weight excluding hydrogens is 320 g/mol. The molecule has 22 heavy (non-hydrogen) atoms. The molecule has 1 aromatic heterocycles. The van der Waals surface area contributed by atoms with Crippen LogP contribution >= 0.6 is 11.3 Å². The van der Waals surface area contributed by atoms with E-state index in [0.29, 0.717) is 29.4 Å². The highest BCUT2D eigenvalue weighted by Gasteiger charge is 2.25. The molecule has 0 radical (unpaired) electrons. The minimum Gasteiger partial charge on any atom is -0.338 e. The smallest absolute Gasteiger partial charge is 0.271 e. The summed E-state index contributed by atoms with van der Waals surface area (Å²) >= 11 is 1.29. The monoisotopic (exact) mass is 336 g/mol. The molecule has 116 valence electrons. The fourth-order valence-electron chi connectivity index (χ4n) is 2.42. The summed E-state index contributed by atoms with van der Waals surface area (Å²) in [5.74, 6) is 0.0173. The maximum absolute atomic E-state index is 12.5. The van der Waals surface area contributed by atoms with E-state index in [1.54, 1.807) is 35.2 Å². The van der Waals surface area contributed by atoms with E-state index in [0.717, 1.165) is 10.4 Å². The lowest BCUT2D eigenvalue weighted by Gasteiger charge is -2.25. The lowest BCUT2D eigenvalue weighted by molar-refractivity contribution is -0.129. The van der Waals surface area contributed by atoms with Crippen molar-refractivity contribution in [3.05, 3.63) is 46.8 Å². The summed E-state index contributed by atoms with van der Waals surface area (Å²) in [7, 11) is -3.58. The van der Waals surface area contributed by atoms with Crippen LogP contribution in [-0.2, 0) is 27.8 Å². The SMILES string of the molecule is CC(=O)N1CCc2sc(S(=O)(=O)Nc3ccccc3)cc2C1. The van der Waals surface area contributed by atoms with Crippen LogP contribution in [0.2, 0.25) is 0 Å². The summed E-state index contributed by atoms with van der Waals surface area (Å²) in [6, 6.07) is 10.5. The maximum atomic E-state index is 12.5. The topological polar surface area (TPSA) is 66.5 Å². The molecule has 1 aromatic carbocycles. The van der Waals surface area contributed by atoms with Gasteiger partial charge in [-0.2, -0.15) is 0 Å². The fraction of sp³-hybridized carbons (Fsp3) is 0.267. The van der Waals surface area contributed by atoms with Gasteiger partial charge in [-0.15, -0.1) is 11.3 Å². The molecular formula is C15H16N2O3S2. The number of rotatable bonds is 3. The van der Waals surface area contributed by atoms with Gasteiger partial charge in [-0.05, 0) is 30.2 Å². The van der Waals surface area contributed by atoms with Crippen molar-refractivity contribution in [3.8, 4) is 0 Å². The summed E-state index contributed by atoms with van der Waals surface area (Å²) < 4.78 is 27.8. The van der Waals surface area contributed by atoms with Crippen molar-refractivity contribution in [1.82, 2.24) is 4.90 Å². The lowest BCUT2D eigenvalue weighted by atomic mass is 10.1. The molecule has 3 rings (SSSR count). The van der Waals surface area contributed by atoms with E-state index < -0.39 is 10.0 Å². The number of sulfonamides is 1. The van der Waals surface area contributed by atoms with Gasteiger partial charge in [0.15, 0.2) is 0 Å². The zero-order chi connectivity index (χ0) is 15.7. The number of fused-ring (bicyclic) bond motifs is 1. The van der Waals surface area contributed by atoms with Gasteiger partial charge in [0.25, 0.3) is 10.0 Å². The fourth-order valence-corrected chi connectivity index (χ4v) is 5.02. The number of carbonyl (C=O) groups excluding carboxylic acids is 1. The summed E-state index contributed by atoms with van der Waals surface area (Å²) in [4.78, 5) is 14.2. The minimum absolute atomic E-state index is 0.0173. The van der Waals surface area contributed by atoms with Crippen LogP contribution in [0.5, 0.6) is 0 Å². The Balaban J connectivity index is 1.86. The first kappa shape index (κ1) is 15.1. The Morgan fingerprint density at radius 3 is 2.68 bits per heavy atom. The molecule has 0 fully saturated rings. The van der Waals surface area contributed by atoms with Gasteiger partial charge in [0, 0.05) is 30.6 Å². The number of carbonyl (C=O) groups is 1. The van der Waals surface area contributed by atoms with Crippen LogP contribution in [0.25, 0.3) is 0 Å². The quantitative estimate of drug-likeness (QED) is 0.936. The highest BCUT2D eigenvalue weighted by molar-refractivity contribution is 7.94. The second-order valence-corrected chi connectivity index (χ2v) is 8.22. The molecule has 1 amide bonds. The Morgan fingerprint density at radius 2 is 2.00 bits per heavy atom. The van der Waals surface area contributed by atoms with Gasteiger partial charge in [0.1, 0.15) is 4.21 Å². The highest BCUT2D eigenvalue weighted by atomic mass is 32.2. The third-order valence-corrected chi connectivity index (χ3v) is 6.67. The van der Waals surface area contributed by atoms with Gasteiger partial charge in [0.05, 0.1) is 0 Å². The maximum Gasteiger partial charge on any atom is 0.271 e. The first-order valence-corrected chi connectivity index (χ1v) is 9.20. The summed E-state index contributed by atoms with van der Waals surface area (Å²) in [5.41, 5.74) is 1.47. The van der Waals surface area contributed by atoms with Gasteiger partial charge in [-0.1, -0.05) is 18.2 Å². The average Bonchev–Trinajstić information content (AvgIpc) is 2.91. The molecule has 0 spiro atoms. The molecule has 0 saturated carbocycles. The molecule has 7 heteroatoms. The predicted octanol–water partition coefficient (Wildman–Crippen LogP) is 2.45. The molecule has 0 atom stereocenters. The van der Waals surface area contributed by atoms with Crippen LogP contribution in [0, 0.1) is 0 Å². The van der Waals surface area contributed by atoms with Crippen LogP contribution in [0.4, 0.5) is 5.69 Å². The van der Waals surface area contributed by atoms with Gasteiger partial charge in [0.2, 0.25) is 5.91 Å². The van der Waals surface area contributed by atoms with E-state index in [1.165, 1.54) is 18.3 Å². The average molecular weight is 336 g/mol. The van der Waals surface area contributed by atoms with Crippen LogP contribution in [-0.4, -0.2) is 25.8 Å². The zero-order valence-corrected chi connectivity index (χ0v) is 13.7. The van der Waals surface area contributed by atoms with Gasteiger partial charge >= 0.3 is 0 Å². The van der Waals surface area contributed by atoms with Crippen molar-refractivity contribution >= 4 is 33.0 Å². The van der Waals surface area contributed by atoms with Gasteiger partial charge in [-0.25, -0.2) is 8.42 Å². The Labute approximate surface area is 133 Å². The molecule has 0 aliphatic carbocycles. The van der Waals surface area contributed by atoms with Crippen LogP contribution < -0.4 is 4.72 Å². The Bertz CT molecular complexity index is 797. The third-order valence-electron chi connectivity index (χ3n) is 3.58. The lowest BCUT2D eigenvalue weighted by Crippen LogP contribution is -2.33. The van der Waals surface area contributed by atoms with Crippen molar-refractivity contribution in [2.45, 2.75) is 24.1 Å². The molecule has 2 aromatic rings. The van der Waals surface area contributed by atoms with E-state index in [2.05, 4.69) is 4.72 Å². The first-order valence-electron chi connectivity index (χ1n) is 6.91. The molecule has 1 aliphatic rings. The van der Waals surface area contributed by atoms with Gasteiger partial charge in [-0.3, -0.25) is 9.52 Å². The summed E-state index contributed by atoms with van der Waals surface area (Å²) in [5, 5.41) is 0. The number of nitrogens with zero attached hydrogens (tertiary/aromatic N) is 1. The van der Waals surface area contributed by atoms with E-state index in [1.807, 2.05) is 6.07 Å². The first-order chi connectivity index (χ1) is 10.5. The van der Waals surface area contributed by atoms with Crippen molar-refractivity contribution < 1.29 is 13.2 Å². The number of amides is 1. The number of benzene rings is 1. The highest BCUT2D eigenvalue weighted by Crippen LogP contribution is 2.31. The Hall–Kier alpha value is -1.86. The van der Waals surface area contributed by atoms with Crippen molar-refractivity contribution in [2.75, 3.05) is 11.3 Å². The Morgan fingerprint density at radius 1 is 1.27 bits per heavy atom. The number of para-hydroxylation sites is 1. The van der Waals surface area contributed by atoms with Crippen molar-refractivity contribution in [3.63, 3.8) is 0 Å². The second kappa shape index (κ2) is 5.73. The Kier molecular flexibility index (Phi) is 3.92. The van der Waals surface area contributed by atoms with Crippen LogP contribution in [0.1, 0.15) is 17.4 Å². The number of thiophene rings is 1. The number of hydrogen-bond acceptors (Lipinski definition) is 4. The van der Waals surface area contributed by atoms with Crippen LogP contribution in [0.15, 0.2) is 40.6 Å². The summed E-state index contributed by atoms with van der Waals surface area (Å²) in [6.07, 6.45) is 0.709. The number of anilines is 1. The number of nitrogens with one attached hydrogen (secondary N) is 1. The predicted molar refractivity (Wildman–Crippen MR) is 86.4 cm³/mol. The van der Waals surface area contributed by atoms with Gasteiger partial charge < -0.3 is 4.90 Å². The molecule has 5 nitrogen and oxygen atoms in total. The normalized spacial score (nSPS) is 14.5. The van der Waals surface area contributed by atoms with Crippen molar-refractivity contribution in [2.24, 2.45) is 0 Å². The summed E-state index contributed by atoms with van der Waals surface area (Å²) in [6.45, 7) is 2.67. The molecule has 1 aliphatic heterocycles. The molecule has 1 N–H and O–H groups in total. The molecule has 2 heterocycles. The molecule has 0 saturated heterocycles. The largest absolute Gasteiger partial charge is 0.338 e. The van der Waals surface area contributed by atoms with Crippen LogP contribution in [0.3, 0.4) is 0 Å². The second-order valence-electron chi connectivity index (χ2n) is 5.18. The molecule has 0 bridgehead atoms.